The lowest BCUT2D eigenvalue weighted by Crippen LogP contribution is -2.52. The molecule has 124 valence electrons. The Morgan fingerprint density at radius 2 is 1.96 bits per heavy atom. The Balaban J connectivity index is 1.71. The molecule has 0 bridgehead atoms. The van der Waals surface area contributed by atoms with Gasteiger partial charge < -0.3 is 15.3 Å². The Morgan fingerprint density at radius 1 is 1.21 bits per heavy atom. The fraction of sp³-hybridized carbons (Fsp3) is 0.263. The van der Waals surface area contributed by atoms with Gasteiger partial charge in [0.1, 0.15) is 0 Å². The fourth-order valence-electron chi connectivity index (χ4n) is 2.88. The normalized spacial score (nSPS) is 20.2. The van der Waals surface area contributed by atoms with Gasteiger partial charge in [-0.05, 0) is 30.2 Å². The van der Waals surface area contributed by atoms with Crippen LogP contribution in [-0.4, -0.2) is 29.1 Å². The van der Waals surface area contributed by atoms with Crippen LogP contribution in [0.15, 0.2) is 54.6 Å². The lowest BCUT2D eigenvalue weighted by atomic mass is 10.0. The molecule has 0 radical (unpaired) electrons. The van der Waals surface area contributed by atoms with Crippen LogP contribution in [0.25, 0.3) is 0 Å². The molecule has 5 nitrogen and oxygen atoms in total. The number of amides is 2. The molecule has 0 aliphatic carbocycles. The summed E-state index contributed by atoms with van der Waals surface area (Å²) in [7, 11) is 0. The van der Waals surface area contributed by atoms with E-state index in [2.05, 4.69) is 5.32 Å². The summed E-state index contributed by atoms with van der Waals surface area (Å²) in [6, 6.07) is 16.8. The van der Waals surface area contributed by atoms with Crippen LogP contribution in [0.2, 0.25) is 0 Å². The van der Waals surface area contributed by atoms with Crippen LogP contribution in [0, 0.1) is 6.92 Å². The van der Waals surface area contributed by atoms with Crippen molar-refractivity contribution in [1.82, 2.24) is 5.32 Å². The van der Waals surface area contributed by atoms with Crippen molar-refractivity contribution < 1.29 is 14.7 Å². The average Bonchev–Trinajstić information content (AvgIpc) is 2.90. The van der Waals surface area contributed by atoms with E-state index in [1.165, 1.54) is 4.90 Å². The van der Waals surface area contributed by atoms with E-state index in [-0.39, 0.29) is 13.0 Å². The summed E-state index contributed by atoms with van der Waals surface area (Å²) in [6.45, 7) is 2.53. The summed E-state index contributed by atoms with van der Waals surface area (Å²) in [5.74, 6) is -1.22. The monoisotopic (exact) mass is 324 g/mol. The molecule has 1 heterocycles. The summed E-state index contributed by atoms with van der Waals surface area (Å²) in [5, 5.41) is 13.3. The van der Waals surface area contributed by atoms with Crippen molar-refractivity contribution in [2.24, 2.45) is 0 Å². The Kier molecular flexibility index (Phi) is 4.36. The minimum Gasteiger partial charge on any atom is -0.372 e. The molecule has 24 heavy (non-hydrogen) atoms. The average molecular weight is 324 g/mol. The molecule has 0 aromatic heterocycles. The number of nitrogens with zero attached hydrogens (tertiary/aromatic N) is 1. The topological polar surface area (TPSA) is 69.6 Å². The molecule has 1 saturated heterocycles. The molecule has 1 unspecified atom stereocenters. The third-order valence-electron chi connectivity index (χ3n) is 4.28. The Labute approximate surface area is 140 Å². The van der Waals surface area contributed by atoms with Gasteiger partial charge in [-0.15, -0.1) is 0 Å². The van der Waals surface area contributed by atoms with Gasteiger partial charge in [0.15, 0.2) is 0 Å². The molecule has 3 rings (SSSR count). The summed E-state index contributed by atoms with van der Waals surface area (Å²) < 4.78 is 0. The molecule has 0 spiro atoms. The van der Waals surface area contributed by atoms with Gasteiger partial charge in [0.25, 0.3) is 11.8 Å². The molecular formula is C19H20N2O3. The highest BCUT2D eigenvalue weighted by molar-refractivity contribution is 6.16. The van der Waals surface area contributed by atoms with Crippen LogP contribution in [-0.2, 0) is 16.1 Å². The molecule has 1 aliphatic heterocycles. The van der Waals surface area contributed by atoms with Crippen molar-refractivity contribution in [2.45, 2.75) is 25.5 Å². The number of aryl methyl sites for hydroxylation is 1. The van der Waals surface area contributed by atoms with Crippen LogP contribution < -0.4 is 10.2 Å². The minimum absolute atomic E-state index is 0.0837. The number of anilines is 1. The maximum Gasteiger partial charge on any atom is 0.268 e. The molecule has 5 heteroatoms. The number of rotatable bonds is 4. The summed E-state index contributed by atoms with van der Waals surface area (Å²) in [6.07, 6.45) is 0.0837. The van der Waals surface area contributed by atoms with Crippen molar-refractivity contribution in [3.63, 3.8) is 0 Å². The quantitative estimate of drug-likeness (QED) is 0.842. The number of hydrogen-bond acceptors (Lipinski definition) is 3. The fourth-order valence-corrected chi connectivity index (χ4v) is 2.88. The van der Waals surface area contributed by atoms with E-state index < -0.39 is 17.4 Å². The van der Waals surface area contributed by atoms with Crippen LogP contribution in [0.1, 0.15) is 17.5 Å². The van der Waals surface area contributed by atoms with Crippen LogP contribution in [0.4, 0.5) is 5.69 Å². The predicted molar refractivity (Wildman–Crippen MR) is 91.4 cm³/mol. The minimum atomic E-state index is -2.00. The molecule has 0 saturated carbocycles. The number of hydrogen-bond donors (Lipinski definition) is 2. The zero-order valence-corrected chi connectivity index (χ0v) is 13.5. The smallest absolute Gasteiger partial charge is 0.268 e. The Hall–Kier alpha value is -2.66. The Morgan fingerprint density at radius 3 is 2.67 bits per heavy atom. The van der Waals surface area contributed by atoms with Gasteiger partial charge in [-0.2, -0.15) is 0 Å². The maximum absolute atomic E-state index is 12.6. The number of benzene rings is 2. The van der Waals surface area contributed by atoms with Crippen molar-refractivity contribution in [3.8, 4) is 0 Å². The van der Waals surface area contributed by atoms with Crippen LogP contribution >= 0.6 is 0 Å². The first-order chi connectivity index (χ1) is 11.5. The third kappa shape index (κ3) is 3.03. The zero-order chi connectivity index (χ0) is 17.2. The standard InChI is InChI=1S/C19H20N2O3/c1-14-6-5-9-16(12-14)21-11-10-19(24,18(21)23)17(22)20-13-15-7-3-2-4-8-15/h2-9,12,24H,10-11,13H2,1H3,(H,20,22). The van der Waals surface area contributed by atoms with Crippen LogP contribution in [0.3, 0.4) is 0 Å². The highest BCUT2D eigenvalue weighted by atomic mass is 16.3. The molecule has 2 aromatic carbocycles. The first-order valence-electron chi connectivity index (χ1n) is 7.94. The largest absolute Gasteiger partial charge is 0.372 e. The van der Waals surface area contributed by atoms with E-state index >= 15 is 0 Å². The second-order valence-corrected chi connectivity index (χ2v) is 6.07. The van der Waals surface area contributed by atoms with Gasteiger partial charge in [0.05, 0.1) is 0 Å². The Bertz CT molecular complexity index is 760. The van der Waals surface area contributed by atoms with E-state index in [0.29, 0.717) is 12.2 Å². The van der Waals surface area contributed by atoms with E-state index in [1.807, 2.05) is 55.5 Å². The molecular weight excluding hydrogens is 304 g/mol. The molecule has 1 fully saturated rings. The highest BCUT2D eigenvalue weighted by Crippen LogP contribution is 2.29. The third-order valence-corrected chi connectivity index (χ3v) is 4.28. The number of aliphatic hydroxyl groups is 1. The second-order valence-electron chi connectivity index (χ2n) is 6.07. The molecule has 2 amide bonds. The molecule has 1 atom stereocenters. The number of nitrogens with one attached hydrogen (secondary N) is 1. The van der Waals surface area contributed by atoms with Gasteiger partial charge in [-0.1, -0.05) is 42.5 Å². The predicted octanol–water partition coefficient (Wildman–Crippen LogP) is 1.78. The molecule has 2 N–H and O–H groups in total. The zero-order valence-electron chi connectivity index (χ0n) is 13.5. The van der Waals surface area contributed by atoms with Gasteiger partial charge in [-0.25, -0.2) is 0 Å². The number of carbonyl (C=O) groups excluding carboxylic acids is 2. The van der Waals surface area contributed by atoms with E-state index in [4.69, 9.17) is 0 Å². The van der Waals surface area contributed by atoms with Gasteiger partial charge in [0, 0.05) is 25.2 Å². The highest BCUT2D eigenvalue weighted by Gasteiger charge is 2.51. The van der Waals surface area contributed by atoms with Crippen molar-refractivity contribution in [2.75, 3.05) is 11.4 Å². The van der Waals surface area contributed by atoms with Gasteiger partial charge >= 0.3 is 0 Å². The molecule has 2 aromatic rings. The van der Waals surface area contributed by atoms with Gasteiger partial charge in [0.2, 0.25) is 5.60 Å². The SMILES string of the molecule is Cc1cccc(N2CCC(O)(C(=O)NCc3ccccc3)C2=O)c1. The van der Waals surface area contributed by atoms with Crippen molar-refractivity contribution in [1.29, 1.82) is 0 Å². The first-order valence-corrected chi connectivity index (χ1v) is 7.94. The lowest BCUT2D eigenvalue weighted by Gasteiger charge is -2.22. The molecule has 1 aliphatic rings. The van der Waals surface area contributed by atoms with E-state index in [1.54, 1.807) is 6.07 Å². The summed E-state index contributed by atoms with van der Waals surface area (Å²) in [4.78, 5) is 26.5. The number of carbonyl (C=O) groups is 2. The summed E-state index contributed by atoms with van der Waals surface area (Å²) in [5.41, 5.74) is 0.630. The summed E-state index contributed by atoms with van der Waals surface area (Å²) >= 11 is 0. The van der Waals surface area contributed by atoms with E-state index in [0.717, 1.165) is 11.1 Å². The van der Waals surface area contributed by atoms with Gasteiger partial charge in [-0.3, -0.25) is 9.59 Å². The second kappa shape index (κ2) is 6.45. The first kappa shape index (κ1) is 16.2. The van der Waals surface area contributed by atoms with Crippen molar-refractivity contribution >= 4 is 17.5 Å². The van der Waals surface area contributed by atoms with E-state index in [9.17, 15) is 14.7 Å². The van der Waals surface area contributed by atoms with Crippen molar-refractivity contribution in [3.05, 3.63) is 65.7 Å². The van der Waals surface area contributed by atoms with Crippen LogP contribution in [0.5, 0.6) is 0 Å². The lowest BCUT2D eigenvalue weighted by molar-refractivity contribution is -0.149. The maximum atomic E-state index is 12.6.